The third kappa shape index (κ3) is 2.81. The number of aromatic nitrogens is 2. The Kier molecular flexibility index (Phi) is 4.27. The minimum Gasteiger partial charge on any atom is -0.493 e. The molecule has 2 rings (SSSR count). The molecule has 0 spiro atoms. The fraction of sp³-hybridized carbons (Fsp3) is 0.231. The summed E-state index contributed by atoms with van der Waals surface area (Å²) in [5.74, 6) is 6.92. The smallest absolute Gasteiger partial charge is 0.161 e. The molecule has 0 aliphatic heterocycles. The molecule has 1 aromatic heterocycles. The number of nitrogens with one attached hydrogen (secondary N) is 1. The van der Waals surface area contributed by atoms with Crippen molar-refractivity contribution in [1.82, 2.24) is 15.4 Å². The van der Waals surface area contributed by atoms with Crippen LogP contribution in [0, 0.1) is 0 Å². The number of hydrazine groups is 1. The largest absolute Gasteiger partial charge is 0.493 e. The SMILES string of the molecule is COc1ccc(C(NN)c2cnccn2)cc1OC. The number of methoxy groups -OCH3 is 2. The van der Waals surface area contributed by atoms with Crippen LogP contribution < -0.4 is 20.7 Å². The third-order valence-electron chi connectivity index (χ3n) is 2.79. The Morgan fingerprint density at radius 1 is 1.16 bits per heavy atom. The summed E-state index contributed by atoms with van der Waals surface area (Å²) in [4.78, 5) is 8.29. The predicted molar refractivity (Wildman–Crippen MR) is 70.7 cm³/mol. The standard InChI is InChI=1S/C13H16N4O2/c1-18-11-4-3-9(7-12(11)19-2)13(17-14)10-8-15-5-6-16-10/h3-8,13,17H,14H2,1-2H3. The van der Waals surface area contributed by atoms with E-state index in [1.54, 1.807) is 32.8 Å². The van der Waals surface area contributed by atoms with E-state index < -0.39 is 0 Å². The van der Waals surface area contributed by atoms with Gasteiger partial charge in [-0.05, 0) is 17.7 Å². The number of ether oxygens (including phenoxy) is 2. The first-order valence-corrected chi connectivity index (χ1v) is 5.74. The highest BCUT2D eigenvalue weighted by molar-refractivity contribution is 5.45. The van der Waals surface area contributed by atoms with Crippen LogP contribution in [0.15, 0.2) is 36.8 Å². The Morgan fingerprint density at radius 3 is 2.53 bits per heavy atom. The van der Waals surface area contributed by atoms with Crippen LogP contribution in [-0.2, 0) is 0 Å². The lowest BCUT2D eigenvalue weighted by atomic mass is 10.0. The number of nitrogens with two attached hydrogens (primary N) is 1. The summed E-state index contributed by atoms with van der Waals surface area (Å²) in [6.07, 6.45) is 4.91. The van der Waals surface area contributed by atoms with Crippen LogP contribution in [0.3, 0.4) is 0 Å². The topological polar surface area (TPSA) is 82.3 Å². The van der Waals surface area contributed by atoms with Crippen molar-refractivity contribution < 1.29 is 9.47 Å². The first kappa shape index (κ1) is 13.3. The van der Waals surface area contributed by atoms with Crippen molar-refractivity contribution in [3.8, 4) is 11.5 Å². The van der Waals surface area contributed by atoms with Crippen molar-refractivity contribution in [3.05, 3.63) is 48.0 Å². The molecule has 1 atom stereocenters. The van der Waals surface area contributed by atoms with Crippen molar-refractivity contribution >= 4 is 0 Å². The van der Waals surface area contributed by atoms with Gasteiger partial charge in [0.1, 0.15) is 0 Å². The van der Waals surface area contributed by atoms with Crippen molar-refractivity contribution in [2.75, 3.05) is 14.2 Å². The van der Waals surface area contributed by atoms with Gasteiger partial charge in [-0.15, -0.1) is 0 Å². The van der Waals surface area contributed by atoms with Crippen molar-refractivity contribution in [2.45, 2.75) is 6.04 Å². The van der Waals surface area contributed by atoms with Crippen LogP contribution >= 0.6 is 0 Å². The lowest BCUT2D eigenvalue weighted by Crippen LogP contribution is -2.29. The van der Waals surface area contributed by atoms with Crippen LogP contribution in [0.5, 0.6) is 11.5 Å². The number of rotatable bonds is 5. The maximum absolute atomic E-state index is 5.61. The fourth-order valence-electron chi connectivity index (χ4n) is 1.84. The minimum atomic E-state index is -0.256. The second-order valence-corrected chi connectivity index (χ2v) is 3.84. The molecule has 6 heteroatoms. The molecule has 0 saturated carbocycles. The molecule has 0 amide bonds. The minimum absolute atomic E-state index is 0.256. The van der Waals surface area contributed by atoms with Gasteiger partial charge in [-0.3, -0.25) is 15.8 Å². The Hall–Kier alpha value is -2.18. The normalized spacial score (nSPS) is 11.9. The molecule has 1 unspecified atom stereocenters. The van der Waals surface area contributed by atoms with Crippen LogP contribution in [0.4, 0.5) is 0 Å². The second-order valence-electron chi connectivity index (χ2n) is 3.84. The summed E-state index contributed by atoms with van der Waals surface area (Å²) in [5, 5.41) is 0. The molecule has 0 fully saturated rings. The van der Waals surface area contributed by atoms with E-state index >= 15 is 0 Å². The molecule has 3 N–H and O–H groups in total. The monoisotopic (exact) mass is 260 g/mol. The highest BCUT2D eigenvalue weighted by atomic mass is 16.5. The van der Waals surface area contributed by atoms with Crippen LogP contribution in [0.25, 0.3) is 0 Å². The quantitative estimate of drug-likeness (QED) is 0.617. The molecule has 0 aliphatic carbocycles. The highest BCUT2D eigenvalue weighted by Crippen LogP contribution is 2.31. The van der Waals surface area contributed by atoms with Crippen LogP contribution in [-0.4, -0.2) is 24.2 Å². The zero-order chi connectivity index (χ0) is 13.7. The number of hydrogen-bond acceptors (Lipinski definition) is 6. The van der Waals surface area contributed by atoms with Gasteiger partial charge in [0.05, 0.1) is 32.2 Å². The lowest BCUT2D eigenvalue weighted by Gasteiger charge is -2.17. The molecule has 100 valence electrons. The average Bonchev–Trinajstić information content (AvgIpc) is 2.49. The summed E-state index contributed by atoms with van der Waals surface area (Å²) < 4.78 is 10.5. The Balaban J connectivity index is 2.39. The average molecular weight is 260 g/mol. The summed E-state index contributed by atoms with van der Waals surface area (Å²) in [7, 11) is 3.19. The van der Waals surface area contributed by atoms with E-state index in [2.05, 4.69) is 15.4 Å². The van der Waals surface area contributed by atoms with Gasteiger partial charge in [-0.2, -0.15) is 0 Å². The molecule has 19 heavy (non-hydrogen) atoms. The summed E-state index contributed by atoms with van der Waals surface area (Å²) in [6.45, 7) is 0. The molecule has 1 heterocycles. The van der Waals surface area contributed by atoms with E-state index in [1.807, 2.05) is 18.2 Å². The molecule has 1 aromatic carbocycles. The summed E-state index contributed by atoms with van der Waals surface area (Å²) in [6, 6.07) is 5.33. The number of benzene rings is 1. The number of hydrogen-bond donors (Lipinski definition) is 2. The van der Waals surface area contributed by atoms with E-state index in [0.717, 1.165) is 11.3 Å². The summed E-state index contributed by atoms with van der Waals surface area (Å²) in [5.41, 5.74) is 4.38. The first-order chi connectivity index (χ1) is 9.30. The van der Waals surface area contributed by atoms with E-state index in [1.165, 1.54) is 0 Å². The molecule has 2 aromatic rings. The van der Waals surface area contributed by atoms with Crippen molar-refractivity contribution in [3.63, 3.8) is 0 Å². The maximum atomic E-state index is 5.61. The zero-order valence-electron chi connectivity index (χ0n) is 10.8. The predicted octanol–water partition coefficient (Wildman–Crippen LogP) is 1.05. The molecule has 0 bridgehead atoms. The Morgan fingerprint density at radius 2 is 1.95 bits per heavy atom. The molecule has 0 saturated heterocycles. The van der Waals surface area contributed by atoms with E-state index in [9.17, 15) is 0 Å². The van der Waals surface area contributed by atoms with E-state index in [0.29, 0.717) is 11.5 Å². The van der Waals surface area contributed by atoms with Gasteiger partial charge >= 0.3 is 0 Å². The third-order valence-corrected chi connectivity index (χ3v) is 2.79. The van der Waals surface area contributed by atoms with Gasteiger partial charge in [0.2, 0.25) is 0 Å². The molecular weight excluding hydrogens is 244 g/mol. The lowest BCUT2D eigenvalue weighted by molar-refractivity contribution is 0.354. The molecule has 6 nitrogen and oxygen atoms in total. The maximum Gasteiger partial charge on any atom is 0.161 e. The zero-order valence-corrected chi connectivity index (χ0v) is 10.8. The van der Waals surface area contributed by atoms with Gasteiger partial charge in [-0.1, -0.05) is 6.07 Å². The Labute approximate surface area is 111 Å². The molecule has 0 radical (unpaired) electrons. The van der Waals surface area contributed by atoms with E-state index in [-0.39, 0.29) is 6.04 Å². The van der Waals surface area contributed by atoms with Gasteiger partial charge in [0, 0.05) is 12.4 Å². The van der Waals surface area contributed by atoms with Crippen molar-refractivity contribution in [1.29, 1.82) is 0 Å². The first-order valence-electron chi connectivity index (χ1n) is 5.74. The summed E-state index contributed by atoms with van der Waals surface area (Å²) >= 11 is 0. The van der Waals surface area contributed by atoms with Gasteiger partial charge in [0.15, 0.2) is 11.5 Å². The molecular formula is C13H16N4O2. The highest BCUT2D eigenvalue weighted by Gasteiger charge is 2.16. The van der Waals surface area contributed by atoms with Gasteiger partial charge in [-0.25, -0.2) is 5.43 Å². The van der Waals surface area contributed by atoms with Crippen molar-refractivity contribution in [2.24, 2.45) is 5.84 Å². The van der Waals surface area contributed by atoms with Gasteiger partial charge < -0.3 is 9.47 Å². The second kappa shape index (κ2) is 6.12. The van der Waals surface area contributed by atoms with Crippen LogP contribution in [0.2, 0.25) is 0 Å². The van der Waals surface area contributed by atoms with E-state index in [4.69, 9.17) is 15.3 Å². The molecule has 0 aliphatic rings. The number of nitrogens with zero attached hydrogens (tertiary/aromatic N) is 2. The van der Waals surface area contributed by atoms with Gasteiger partial charge in [0.25, 0.3) is 0 Å². The fourth-order valence-corrected chi connectivity index (χ4v) is 1.84. The van der Waals surface area contributed by atoms with Crippen LogP contribution in [0.1, 0.15) is 17.3 Å². The Bertz CT molecular complexity index is 533.